The Balaban J connectivity index is 3.66. The summed E-state index contributed by atoms with van der Waals surface area (Å²) in [5.41, 5.74) is 0. The molecule has 0 spiro atoms. The minimum atomic E-state index is -0.792. The highest BCUT2D eigenvalue weighted by molar-refractivity contribution is 5.70. The number of aliphatic hydroxyl groups is 1. The van der Waals surface area contributed by atoms with Gasteiger partial charge in [-0.3, -0.25) is 9.59 Å². The van der Waals surface area contributed by atoms with Crippen molar-refractivity contribution in [2.24, 2.45) is 0 Å². The van der Waals surface area contributed by atoms with Gasteiger partial charge in [-0.15, -0.1) is 0 Å². The maximum atomic E-state index is 12.2. The second-order valence-corrected chi connectivity index (χ2v) is 13.0. The van der Waals surface area contributed by atoms with E-state index >= 15 is 0 Å². The van der Waals surface area contributed by atoms with Crippen molar-refractivity contribution in [3.63, 3.8) is 0 Å². The van der Waals surface area contributed by atoms with Crippen molar-refractivity contribution in [3.05, 3.63) is 85.1 Å². The van der Waals surface area contributed by atoms with Crippen molar-refractivity contribution >= 4 is 11.9 Å². The van der Waals surface area contributed by atoms with Crippen LogP contribution in [0.2, 0.25) is 0 Å². The van der Waals surface area contributed by atoms with Crippen LogP contribution in [0, 0.1) is 0 Å². The third-order valence-corrected chi connectivity index (χ3v) is 8.17. The largest absolute Gasteiger partial charge is 0.462 e. The van der Waals surface area contributed by atoms with Gasteiger partial charge >= 0.3 is 11.9 Å². The molecule has 0 aliphatic rings. The van der Waals surface area contributed by atoms with Gasteiger partial charge < -0.3 is 14.6 Å². The normalized spacial score (nSPS) is 13.1. The SMILES string of the molecule is CC/C=C\C/C=C\C/C=C\C/C=C\C/C=C\CCCCCCCC(=O)OC(CO)COC(=O)CCCCCCC/C=C\C/C=C\CCCCC. The molecule has 0 fully saturated rings. The predicted octanol–water partition coefficient (Wildman–Crippen LogP) is 12.7. The lowest BCUT2D eigenvalue weighted by atomic mass is 10.1. The highest BCUT2D eigenvalue weighted by Gasteiger charge is 2.16. The Kier molecular flexibility index (Phi) is 38.1. The lowest BCUT2D eigenvalue weighted by Gasteiger charge is -2.15. The van der Waals surface area contributed by atoms with Gasteiger partial charge in [0.15, 0.2) is 6.10 Å². The quantitative estimate of drug-likeness (QED) is 0.0406. The molecule has 0 aliphatic carbocycles. The number of allylic oxidation sites excluding steroid dienone is 14. The van der Waals surface area contributed by atoms with Gasteiger partial charge in [-0.2, -0.15) is 0 Å². The minimum Gasteiger partial charge on any atom is -0.462 e. The number of ether oxygens (including phenoxy) is 2. The number of rotatable bonds is 35. The van der Waals surface area contributed by atoms with Crippen molar-refractivity contribution in [2.75, 3.05) is 13.2 Å². The molecule has 0 bridgehead atoms. The van der Waals surface area contributed by atoms with Gasteiger partial charge in [-0.25, -0.2) is 0 Å². The van der Waals surface area contributed by atoms with Gasteiger partial charge in [0.2, 0.25) is 0 Å². The molecule has 0 heterocycles. The molecule has 0 radical (unpaired) electrons. The summed E-state index contributed by atoms with van der Waals surface area (Å²) in [6, 6.07) is 0. The van der Waals surface area contributed by atoms with Crippen LogP contribution in [0.1, 0.15) is 168 Å². The van der Waals surface area contributed by atoms with Crippen molar-refractivity contribution in [2.45, 2.75) is 174 Å². The Hall–Kier alpha value is -2.92. The maximum absolute atomic E-state index is 12.2. The van der Waals surface area contributed by atoms with Crippen molar-refractivity contribution in [3.8, 4) is 0 Å². The predicted molar refractivity (Wildman–Crippen MR) is 214 cm³/mol. The molecule has 0 aromatic heterocycles. The van der Waals surface area contributed by atoms with E-state index in [1.807, 2.05) is 0 Å². The number of unbranched alkanes of at least 4 members (excludes halogenated alkanes) is 13. The maximum Gasteiger partial charge on any atom is 0.306 e. The van der Waals surface area contributed by atoms with Crippen molar-refractivity contribution < 1.29 is 24.2 Å². The molecule has 1 unspecified atom stereocenters. The molecule has 0 rings (SSSR count). The molecule has 0 aliphatic heterocycles. The van der Waals surface area contributed by atoms with Crippen molar-refractivity contribution in [1.82, 2.24) is 0 Å². The Morgan fingerprint density at radius 1 is 0.480 bits per heavy atom. The summed E-state index contributed by atoms with van der Waals surface area (Å²) >= 11 is 0. The summed E-state index contributed by atoms with van der Waals surface area (Å²) in [7, 11) is 0. The van der Waals surface area contributed by atoms with Gasteiger partial charge in [0, 0.05) is 12.8 Å². The molecule has 5 nitrogen and oxygen atoms in total. The summed E-state index contributed by atoms with van der Waals surface area (Å²) in [5, 5.41) is 9.56. The minimum absolute atomic E-state index is 0.0862. The van der Waals surface area contributed by atoms with Crippen LogP contribution in [0.3, 0.4) is 0 Å². The van der Waals surface area contributed by atoms with Crippen LogP contribution in [-0.4, -0.2) is 36.4 Å². The Bertz CT molecular complexity index is 968. The first-order chi connectivity index (χ1) is 24.6. The summed E-state index contributed by atoms with van der Waals surface area (Å²) in [5.74, 6) is -0.637. The molecule has 0 amide bonds. The average Bonchev–Trinajstić information content (AvgIpc) is 3.12. The second-order valence-electron chi connectivity index (χ2n) is 13.0. The van der Waals surface area contributed by atoms with Crippen LogP contribution in [0.4, 0.5) is 0 Å². The third-order valence-electron chi connectivity index (χ3n) is 8.17. The molecule has 50 heavy (non-hydrogen) atoms. The fourth-order valence-corrected chi connectivity index (χ4v) is 5.14. The number of hydrogen-bond donors (Lipinski definition) is 1. The van der Waals surface area contributed by atoms with Gasteiger partial charge in [-0.05, 0) is 89.9 Å². The van der Waals surface area contributed by atoms with E-state index in [1.165, 1.54) is 38.5 Å². The molecule has 0 saturated carbocycles. The molecule has 5 heteroatoms. The fraction of sp³-hybridized carbons (Fsp3) is 0.644. The zero-order chi connectivity index (χ0) is 36.4. The van der Waals surface area contributed by atoms with Crippen LogP contribution in [0.15, 0.2) is 85.1 Å². The lowest BCUT2D eigenvalue weighted by molar-refractivity contribution is -0.161. The van der Waals surface area contributed by atoms with Crippen LogP contribution in [0.25, 0.3) is 0 Å². The van der Waals surface area contributed by atoms with Gasteiger partial charge in [-0.1, -0.05) is 150 Å². The lowest BCUT2D eigenvalue weighted by Crippen LogP contribution is -2.28. The highest BCUT2D eigenvalue weighted by atomic mass is 16.6. The molecule has 1 atom stereocenters. The van der Waals surface area contributed by atoms with E-state index in [0.29, 0.717) is 12.8 Å². The van der Waals surface area contributed by atoms with Gasteiger partial charge in [0.1, 0.15) is 6.61 Å². The molecule has 0 aromatic rings. The summed E-state index contributed by atoms with van der Waals surface area (Å²) in [4.78, 5) is 24.3. The number of aliphatic hydroxyl groups excluding tert-OH is 1. The standard InChI is InChI=1S/C45H74O5/c1-3-5-7-9-11-13-15-17-19-20-21-22-23-24-26-28-30-32-34-36-38-40-45(48)50-43(41-46)42-49-44(47)39-37-35-33-31-29-27-25-18-16-14-12-10-8-6-4-2/h5,7,11-14,17-19,21-22,24-26,43,46H,3-4,6,8-10,15-16,20,23,27-42H2,1-2H3/b7-5-,13-11-,14-12-,19-17-,22-21-,25-18-,26-24-. The Morgan fingerprint density at radius 3 is 1.30 bits per heavy atom. The topological polar surface area (TPSA) is 72.8 Å². The molecular weight excluding hydrogens is 620 g/mol. The Labute approximate surface area is 307 Å². The van der Waals surface area contributed by atoms with Crippen molar-refractivity contribution in [1.29, 1.82) is 0 Å². The van der Waals surface area contributed by atoms with E-state index in [4.69, 9.17) is 9.47 Å². The molecule has 1 N–H and O–H groups in total. The van der Waals surface area contributed by atoms with E-state index in [0.717, 1.165) is 103 Å². The van der Waals surface area contributed by atoms with Crippen LogP contribution >= 0.6 is 0 Å². The molecule has 0 aromatic carbocycles. The van der Waals surface area contributed by atoms with Gasteiger partial charge in [0.05, 0.1) is 6.61 Å². The zero-order valence-corrected chi connectivity index (χ0v) is 32.1. The fourth-order valence-electron chi connectivity index (χ4n) is 5.14. The first-order valence-electron chi connectivity index (χ1n) is 20.1. The summed E-state index contributed by atoms with van der Waals surface area (Å²) in [6.07, 6.45) is 54.9. The number of esters is 2. The third kappa shape index (κ3) is 37.9. The van der Waals surface area contributed by atoms with Crippen LogP contribution in [0.5, 0.6) is 0 Å². The van der Waals surface area contributed by atoms with Gasteiger partial charge in [0.25, 0.3) is 0 Å². The smallest absolute Gasteiger partial charge is 0.306 e. The molecular formula is C45H74O5. The number of hydrogen-bond acceptors (Lipinski definition) is 5. The first-order valence-corrected chi connectivity index (χ1v) is 20.1. The highest BCUT2D eigenvalue weighted by Crippen LogP contribution is 2.11. The van der Waals surface area contributed by atoms with E-state index < -0.39 is 6.10 Å². The van der Waals surface area contributed by atoms with E-state index in [-0.39, 0.29) is 25.2 Å². The van der Waals surface area contributed by atoms with E-state index in [9.17, 15) is 14.7 Å². The number of carbonyl (C=O) groups excluding carboxylic acids is 2. The Morgan fingerprint density at radius 2 is 0.860 bits per heavy atom. The first kappa shape index (κ1) is 47.1. The van der Waals surface area contributed by atoms with E-state index in [2.05, 4.69) is 98.9 Å². The van der Waals surface area contributed by atoms with E-state index in [1.54, 1.807) is 0 Å². The zero-order valence-electron chi connectivity index (χ0n) is 32.1. The average molecular weight is 695 g/mol. The summed E-state index contributed by atoms with van der Waals surface area (Å²) < 4.78 is 10.6. The monoisotopic (exact) mass is 695 g/mol. The summed E-state index contributed by atoms with van der Waals surface area (Å²) in [6.45, 7) is 3.95. The second kappa shape index (κ2) is 40.5. The van der Waals surface area contributed by atoms with Crippen LogP contribution < -0.4 is 0 Å². The molecule has 284 valence electrons. The van der Waals surface area contributed by atoms with Crippen LogP contribution in [-0.2, 0) is 19.1 Å². The number of carbonyl (C=O) groups is 2. The molecule has 0 saturated heterocycles.